The van der Waals surface area contributed by atoms with Crippen molar-refractivity contribution >= 4 is 57.4 Å². The molecule has 3 aliphatic heterocycles. The van der Waals surface area contributed by atoms with E-state index in [-0.39, 0.29) is 35.7 Å². The van der Waals surface area contributed by atoms with Crippen LogP contribution in [0.3, 0.4) is 0 Å². The standard InChI is InChI=1S/C50H57ClN8O8/c1-9-10-11-12-27(4)41(56-50(63)66-8)47(60)58-23-29(24-64-6)19-38(58)46-53-42(44(51)57-46)31-14-16-33-32(20-31)25-67-39-22-34-30(21-35(33)39)15-17-36-43(34)54-45(52-36)37-18-13-28(5)59(37)48(61)40(26(2)3)55-49(62)65-7/h9-12,14-17,20-22,26,28-29,37-38,40-41H,4,13,18-19,23-25H2,1-3,5-8H3,(H,52,54)(H,53,57)(H,55,62)(H,56,63)/b10-9-,12-11-/t28-,29-,37-,38-,40-,41+/m0/s1. The van der Waals surface area contributed by atoms with Gasteiger partial charge in [0.1, 0.15) is 46.9 Å². The minimum absolute atomic E-state index is 0.00176. The molecule has 0 bridgehead atoms. The summed E-state index contributed by atoms with van der Waals surface area (Å²) in [6.07, 6.45) is 7.77. The first kappa shape index (κ1) is 46.9. The van der Waals surface area contributed by atoms with E-state index in [0.717, 1.165) is 62.7 Å². The van der Waals surface area contributed by atoms with Crippen molar-refractivity contribution in [1.29, 1.82) is 0 Å². The Labute approximate surface area is 394 Å². The molecule has 6 atom stereocenters. The van der Waals surface area contributed by atoms with Gasteiger partial charge in [-0.15, -0.1) is 0 Å². The second-order valence-electron chi connectivity index (χ2n) is 17.7. The Morgan fingerprint density at radius 1 is 0.940 bits per heavy atom. The largest absolute Gasteiger partial charge is 0.488 e. The summed E-state index contributed by atoms with van der Waals surface area (Å²) in [6, 6.07) is 11.6. The topological polar surface area (TPSA) is 193 Å². The van der Waals surface area contributed by atoms with E-state index in [9.17, 15) is 19.2 Å². The quantitative estimate of drug-likeness (QED) is 0.0831. The van der Waals surface area contributed by atoms with Crippen LogP contribution in [0.15, 0.2) is 78.9 Å². The molecule has 3 aromatic carbocycles. The van der Waals surface area contributed by atoms with Crippen molar-refractivity contribution in [2.24, 2.45) is 11.8 Å². The van der Waals surface area contributed by atoms with Gasteiger partial charge in [-0.3, -0.25) is 9.59 Å². The van der Waals surface area contributed by atoms with E-state index >= 15 is 0 Å². The van der Waals surface area contributed by atoms with Gasteiger partial charge in [-0.25, -0.2) is 19.6 Å². The van der Waals surface area contributed by atoms with Crippen molar-refractivity contribution in [3.8, 4) is 28.1 Å². The predicted octanol–water partition coefficient (Wildman–Crippen LogP) is 8.70. The molecule has 0 radical (unpaired) electrons. The van der Waals surface area contributed by atoms with E-state index in [1.807, 2.05) is 69.0 Å². The highest BCUT2D eigenvalue weighted by atomic mass is 35.5. The number of imidazole rings is 2. The predicted molar refractivity (Wildman–Crippen MR) is 255 cm³/mol. The number of halogens is 1. The average molecular weight is 934 g/mol. The van der Waals surface area contributed by atoms with Crippen LogP contribution in [0.4, 0.5) is 9.59 Å². The molecule has 5 aromatic rings. The third-order valence-electron chi connectivity index (χ3n) is 13.0. The molecular formula is C50H57ClN8O8. The number of aromatic amines is 2. The van der Waals surface area contributed by atoms with E-state index in [1.165, 1.54) is 14.2 Å². The lowest BCUT2D eigenvalue weighted by Crippen LogP contribution is -2.52. The van der Waals surface area contributed by atoms with Crippen LogP contribution < -0.4 is 15.4 Å². The fraction of sp³-hybridized carbons (Fsp3) is 0.400. The normalized spacial score (nSPS) is 20.0. The molecule has 0 spiro atoms. The minimum atomic E-state index is -1.09. The third-order valence-corrected chi connectivity index (χ3v) is 13.3. The maximum atomic E-state index is 14.3. The zero-order valence-electron chi connectivity index (χ0n) is 38.8. The maximum Gasteiger partial charge on any atom is 0.407 e. The Hall–Kier alpha value is -6.65. The SMILES string of the molecule is C=C(/C=C\C=C/C)[C@@H](NC(=O)OC)C(=O)N1C[C@@H](COC)C[C@H]1c1nc(-c2ccc3c(c2)COc2cc4c(ccc5[nH]c([C@@H]6CC[C@H](C)N6C(=O)[C@@H](NC(=O)OC)C(C)C)nc54)cc2-3)c(Cl)[nH]1. The summed E-state index contributed by atoms with van der Waals surface area (Å²) in [7, 11) is 4.15. The van der Waals surface area contributed by atoms with Crippen LogP contribution in [0.2, 0.25) is 5.15 Å². The number of carbonyl (C=O) groups excluding carboxylic acids is 4. The number of hydrogen-bond acceptors (Lipinski definition) is 10. The van der Waals surface area contributed by atoms with Gasteiger partial charge in [-0.05, 0) is 85.4 Å². The first-order valence-corrected chi connectivity index (χ1v) is 22.9. The molecule has 17 heteroatoms. The first-order valence-electron chi connectivity index (χ1n) is 22.5. The monoisotopic (exact) mass is 932 g/mol. The first-order chi connectivity index (χ1) is 32.2. The highest BCUT2D eigenvalue weighted by molar-refractivity contribution is 6.32. The number of carbonyl (C=O) groups is 4. The van der Waals surface area contributed by atoms with E-state index in [0.29, 0.717) is 54.2 Å². The van der Waals surface area contributed by atoms with Gasteiger partial charge < -0.3 is 49.3 Å². The number of hydrogen-bond donors (Lipinski definition) is 4. The minimum Gasteiger partial charge on any atom is -0.488 e. The molecule has 2 fully saturated rings. The molecule has 16 nitrogen and oxygen atoms in total. The molecule has 0 unspecified atom stereocenters. The number of methoxy groups -OCH3 is 3. The second-order valence-corrected chi connectivity index (χ2v) is 18.1. The number of nitrogens with zero attached hydrogens (tertiary/aromatic N) is 4. The van der Waals surface area contributed by atoms with Crippen LogP contribution in [0, 0.1) is 11.8 Å². The third kappa shape index (κ3) is 9.24. The van der Waals surface area contributed by atoms with Crippen molar-refractivity contribution in [2.45, 2.75) is 83.8 Å². The number of alkyl carbamates (subject to hydrolysis) is 2. The summed E-state index contributed by atoms with van der Waals surface area (Å²) >= 11 is 6.93. The second kappa shape index (κ2) is 19.7. The lowest BCUT2D eigenvalue weighted by atomic mass is 9.92. The molecule has 67 heavy (non-hydrogen) atoms. The average Bonchev–Trinajstić information content (AvgIpc) is 4.13. The Balaban J connectivity index is 1.06. The summed E-state index contributed by atoms with van der Waals surface area (Å²) < 4.78 is 21.6. The van der Waals surface area contributed by atoms with Gasteiger partial charge in [0.2, 0.25) is 5.91 Å². The highest BCUT2D eigenvalue weighted by Gasteiger charge is 2.43. The summed E-state index contributed by atoms with van der Waals surface area (Å²) in [5.41, 5.74) is 6.22. The number of nitrogens with one attached hydrogen (secondary N) is 4. The van der Waals surface area contributed by atoms with Crippen molar-refractivity contribution < 1.29 is 38.1 Å². The van der Waals surface area contributed by atoms with Crippen molar-refractivity contribution in [2.75, 3.05) is 34.5 Å². The molecule has 5 heterocycles. The molecule has 352 valence electrons. The molecule has 8 rings (SSSR count). The number of likely N-dealkylation sites (tertiary alicyclic amines) is 2. The van der Waals surface area contributed by atoms with E-state index in [2.05, 4.69) is 45.4 Å². The number of benzene rings is 3. The van der Waals surface area contributed by atoms with Gasteiger partial charge in [0.05, 0.1) is 43.9 Å². The Kier molecular flexibility index (Phi) is 13.8. The van der Waals surface area contributed by atoms with Crippen molar-refractivity contribution in [1.82, 2.24) is 40.4 Å². The van der Waals surface area contributed by atoms with Crippen LogP contribution in [-0.4, -0.2) is 106 Å². The number of ether oxygens (including phenoxy) is 4. The molecule has 3 aliphatic rings. The Bertz CT molecular complexity index is 2800. The van der Waals surface area contributed by atoms with Gasteiger partial charge in [0, 0.05) is 42.1 Å². The zero-order valence-corrected chi connectivity index (χ0v) is 39.5. The number of fused-ring (bicyclic) bond motifs is 6. The number of rotatable bonds is 13. The Morgan fingerprint density at radius 3 is 2.43 bits per heavy atom. The number of amides is 4. The zero-order chi connectivity index (χ0) is 47.7. The lowest BCUT2D eigenvalue weighted by Gasteiger charge is -2.32. The molecule has 0 aliphatic carbocycles. The smallest absolute Gasteiger partial charge is 0.407 e. The van der Waals surface area contributed by atoms with Crippen molar-refractivity contribution in [3.05, 3.63) is 101 Å². The summed E-state index contributed by atoms with van der Waals surface area (Å²) in [5.74, 6) is 1.24. The fourth-order valence-corrected chi connectivity index (χ4v) is 9.89. The lowest BCUT2D eigenvalue weighted by molar-refractivity contribution is -0.137. The van der Waals surface area contributed by atoms with Crippen LogP contribution in [-0.2, 0) is 30.4 Å². The van der Waals surface area contributed by atoms with E-state index in [4.69, 9.17) is 40.5 Å². The van der Waals surface area contributed by atoms with Crippen LogP contribution >= 0.6 is 11.6 Å². The van der Waals surface area contributed by atoms with Gasteiger partial charge in [-0.2, -0.15) is 0 Å². The summed E-state index contributed by atoms with van der Waals surface area (Å²) in [4.78, 5) is 73.4. The van der Waals surface area contributed by atoms with Crippen LogP contribution in [0.25, 0.3) is 44.2 Å². The molecule has 2 saturated heterocycles. The molecule has 0 saturated carbocycles. The molecule has 2 aromatic heterocycles. The van der Waals surface area contributed by atoms with Gasteiger partial charge in [0.25, 0.3) is 5.91 Å². The van der Waals surface area contributed by atoms with Gasteiger partial charge in [-0.1, -0.05) is 74.5 Å². The Morgan fingerprint density at radius 2 is 1.70 bits per heavy atom. The fourth-order valence-electron chi connectivity index (χ4n) is 9.64. The van der Waals surface area contributed by atoms with Crippen LogP contribution in [0.1, 0.15) is 76.3 Å². The summed E-state index contributed by atoms with van der Waals surface area (Å²) in [6.45, 7) is 12.9. The number of aromatic nitrogens is 4. The number of H-pyrrole nitrogens is 2. The van der Waals surface area contributed by atoms with Crippen molar-refractivity contribution in [3.63, 3.8) is 0 Å². The highest BCUT2D eigenvalue weighted by Crippen LogP contribution is 2.45. The number of allylic oxidation sites excluding steroid dienone is 3. The molecule has 4 N–H and O–H groups in total. The maximum absolute atomic E-state index is 14.3. The van der Waals surface area contributed by atoms with E-state index in [1.54, 1.807) is 24.2 Å². The molecule has 4 amide bonds. The van der Waals surface area contributed by atoms with Gasteiger partial charge in [0.15, 0.2) is 0 Å². The van der Waals surface area contributed by atoms with Crippen LogP contribution in [0.5, 0.6) is 5.75 Å². The van der Waals surface area contributed by atoms with Gasteiger partial charge >= 0.3 is 12.2 Å². The summed E-state index contributed by atoms with van der Waals surface area (Å²) in [5, 5.41) is 7.61. The van der Waals surface area contributed by atoms with E-state index < -0.39 is 30.3 Å². The molecular weight excluding hydrogens is 876 g/mol.